The van der Waals surface area contributed by atoms with Crippen molar-refractivity contribution < 1.29 is 14.3 Å². The second-order valence-electron chi connectivity index (χ2n) is 13.1. The maximum Gasteiger partial charge on any atom is 0.261 e. The first-order valence-corrected chi connectivity index (χ1v) is 19.5. The predicted octanol–water partition coefficient (Wildman–Crippen LogP) is 6.20. The van der Waals surface area contributed by atoms with Crippen LogP contribution < -0.4 is 0 Å². The third-order valence-electron chi connectivity index (χ3n) is 8.76. The molecule has 2 unspecified atom stereocenters. The van der Waals surface area contributed by atoms with E-state index in [4.69, 9.17) is 14.7 Å². The number of hydrogen-bond acceptors (Lipinski definition) is 7. The average molecular weight is 611 g/mol. The summed E-state index contributed by atoms with van der Waals surface area (Å²) in [7, 11) is -1.26. The van der Waals surface area contributed by atoms with Gasteiger partial charge in [-0.1, -0.05) is 37.8 Å². The van der Waals surface area contributed by atoms with Crippen molar-refractivity contribution in [2.45, 2.75) is 69.9 Å². The lowest BCUT2D eigenvalue weighted by Gasteiger charge is -2.39. The van der Waals surface area contributed by atoms with E-state index in [1.165, 1.54) is 10.5 Å². The number of benzene rings is 1. The van der Waals surface area contributed by atoms with E-state index in [1.807, 2.05) is 24.4 Å². The summed E-state index contributed by atoms with van der Waals surface area (Å²) in [5, 5.41) is 0. The van der Waals surface area contributed by atoms with E-state index in [0.29, 0.717) is 36.3 Å². The molecule has 0 bridgehead atoms. The minimum atomic E-state index is -1.26. The first-order valence-electron chi connectivity index (χ1n) is 15.8. The highest BCUT2D eigenvalue weighted by atomic mass is 28.3. The summed E-state index contributed by atoms with van der Waals surface area (Å²) in [4.78, 5) is 47.7. The Kier molecular flexibility index (Phi) is 9.02. The molecule has 6 rings (SSSR count). The number of carbonyl (C=O) groups excluding carboxylic acids is 2. The van der Waals surface area contributed by atoms with Gasteiger partial charge in [0, 0.05) is 33.6 Å². The van der Waals surface area contributed by atoms with Crippen molar-refractivity contribution in [3.8, 4) is 0 Å². The topological polar surface area (TPSA) is 104 Å². The molecule has 1 N–H and O–H groups in total. The average Bonchev–Trinajstić information content (AvgIpc) is 3.56. The molecule has 0 radical (unpaired) electrons. The highest BCUT2D eigenvalue weighted by molar-refractivity contribution is 6.76. The predicted molar refractivity (Wildman–Crippen MR) is 173 cm³/mol. The van der Waals surface area contributed by atoms with Gasteiger partial charge in [0.15, 0.2) is 5.65 Å². The molecule has 9 nitrogen and oxygen atoms in total. The molecule has 0 fully saturated rings. The van der Waals surface area contributed by atoms with Crippen LogP contribution in [0.25, 0.3) is 11.2 Å². The molecule has 4 heterocycles. The van der Waals surface area contributed by atoms with Gasteiger partial charge < -0.3 is 9.72 Å². The molecule has 1 aliphatic carbocycles. The number of aromatic nitrogens is 4. The summed E-state index contributed by atoms with van der Waals surface area (Å²) in [6.45, 7) is 9.46. The number of rotatable bonds is 13. The van der Waals surface area contributed by atoms with E-state index >= 15 is 0 Å². The Hall–Kier alpha value is -3.73. The van der Waals surface area contributed by atoms with Gasteiger partial charge in [0.25, 0.3) is 11.8 Å². The van der Waals surface area contributed by atoms with Gasteiger partial charge >= 0.3 is 0 Å². The molecule has 2 amide bonds. The SMILES string of the molecule is C[Si](C)(C)CCOCC(c1nc2ncccc2[nH]1)N(CCCCN1C(=O)c2ccccc2C1=O)C1CCCc2cccnc21. The highest BCUT2D eigenvalue weighted by Gasteiger charge is 2.36. The van der Waals surface area contributed by atoms with Crippen LogP contribution >= 0.6 is 0 Å². The minimum absolute atomic E-state index is 0.103. The number of unbranched alkanes of at least 4 members (excludes halogenated alkanes) is 1. The van der Waals surface area contributed by atoms with Crippen LogP contribution in [-0.2, 0) is 11.2 Å². The zero-order valence-electron chi connectivity index (χ0n) is 26.0. The lowest BCUT2D eigenvalue weighted by molar-refractivity contribution is 0.0295. The zero-order chi connectivity index (χ0) is 30.7. The fourth-order valence-electron chi connectivity index (χ4n) is 6.37. The number of imidazole rings is 1. The summed E-state index contributed by atoms with van der Waals surface area (Å²) in [5.41, 5.74) is 5.02. The van der Waals surface area contributed by atoms with Gasteiger partial charge in [0.1, 0.15) is 5.82 Å². The molecular weight excluding hydrogens is 568 g/mol. The number of aryl methyl sites for hydroxylation is 1. The summed E-state index contributed by atoms with van der Waals surface area (Å²) in [6.07, 6.45) is 8.27. The summed E-state index contributed by atoms with van der Waals surface area (Å²) >= 11 is 0. The lowest BCUT2D eigenvalue weighted by Crippen LogP contribution is -2.39. The Bertz CT molecular complexity index is 1560. The van der Waals surface area contributed by atoms with Gasteiger partial charge in [-0.15, -0.1) is 0 Å². The number of pyridine rings is 2. The fourth-order valence-corrected chi connectivity index (χ4v) is 7.13. The number of imide groups is 1. The van der Waals surface area contributed by atoms with Crippen LogP contribution in [0.1, 0.15) is 75.6 Å². The van der Waals surface area contributed by atoms with Crippen LogP contribution in [-0.4, -0.2) is 75.9 Å². The maximum absolute atomic E-state index is 13.0. The van der Waals surface area contributed by atoms with Crippen molar-refractivity contribution in [1.29, 1.82) is 0 Å². The molecule has 3 aromatic heterocycles. The van der Waals surface area contributed by atoms with Gasteiger partial charge in [-0.25, -0.2) is 9.97 Å². The number of hydrogen-bond donors (Lipinski definition) is 1. The standard InChI is InChI=1S/C34H42N6O3Si/c1-44(2,3)22-21-43-23-29(32-37-27-15-10-18-36-31(27)38-32)39(28-16-8-11-24-12-9-17-35-30(24)28)19-6-7-20-40-33(41)25-13-4-5-14-26(25)34(40)42/h4-5,9-10,12-15,17-18,28-29H,6-8,11,16,19-23H2,1-3H3,(H,36,37,38). The van der Waals surface area contributed by atoms with Crippen molar-refractivity contribution in [2.24, 2.45) is 0 Å². The largest absolute Gasteiger partial charge is 0.380 e. The van der Waals surface area contributed by atoms with E-state index < -0.39 is 8.07 Å². The smallest absolute Gasteiger partial charge is 0.261 e. The van der Waals surface area contributed by atoms with Crippen LogP contribution in [0.3, 0.4) is 0 Å². The van der Waals surface area contributed by atoms with Crippen molar-refractivity contribution in [2.75, 3.05) is 26.3 Å². The second kappa shape index (κ2) is 13.1. The second-order valence-corrected chi connectivity index (χ2v) is 18.7. The molecule has 1 aliphatic heterocycles. The van der Waals surface area contributed by atoms with E-state index in [1.54, 1.807) is 30.5 Å². The van der Waals surface area contributed by atoms with Gasteiger partial charge in [-0.2, -0.15) is 0 Å². The fraction of sp³-hybridized carbons (Fsp3) is 0.441. The number of nitrogens with zero attached hydrogens (tertiary/aromatic N) is 5. The highest BCUT2D eigenvalue weighted by Crippen LogP contribution is 2.38. The van der Waals surface area contributed by atoms with E-state index in [0.717, 1.165) is 61.9 Å². The van der Waals surface area contributed by atoms with Gasteiger partial charge in [0.05, 0.1) is 41.0 Å². The number of ether oxygens (including phenoxy) is 1. The molecule has 44 heavy (non-hydrogen) atoms. The molecule has 1 aromatic carbocycles. The third kappa shape index (κ3) is 6.52. The lowest BCUT2D eigenvalue weighted by atomic mass is 9.89. The van der Waals surface area contributed by atoms with Crippen LogP contribution in [0.4, 0.5) is 0 Å². The van der Waals surface area contributed by atoms with E-state index in [9.17, 15) is 9.59 Å². The maximum atomic E-state index is 13.0. The number of nitrogens with one attached hydrogen (secondary N) is 1. The van der Waals surface area contributed by atoms with Crippen molar-refractivity contribution in [1.82, 2.24) is 29.7 Å². The Morgan fingerprint density at radius 1 is 1.00 bits per heavy atom. The van der Waals surface area contributed by atoms with Crippen LogP contribution in [0.2, 0.25) is 25.7 Å². The van der Waals surface area contributed by atoms with Crippen LogP contribution in [0, 0.1) is 0 Å². The first kappa shape index (κ1) is 30.3. The summed E-state index contributed by atoms with van der Waals surface area (Å²) < 4.78 is 6.43. The molecule has 2 aliphatic rings. The molecule has 0 saturated heterocycles. The zero-order valence-corrected chi connectivity index (χ0v) is 27.0. The molecule has 4 aromatic rings. The molecule has 2 atom stereocenters. The minimum Gasteiger partial charge on any atom is -0.380 e. The molecule has 230 valence electrons. The van der Waals surface area contributed by atoms with Gasteiger partial charge in [-0.3, -0.25) is 24.4 Å². The molecule has 0 spiro atoms. The quantitative estimate of drug-likeness (QED) is 0.109. The van der Waals surface area contributed by atoms with Crippen LogP contribution in [0.5, 0.6) is 0 Å². The third-order valence-corrected chi connectivity index (χ3v) is 10.5. The van der Waals surface area contributed by atoms with Crippen molar-refractivity contribution in [3.05, 3.63) is 89.1 Å². The first-order chi connectivity index (χ1) is 21.3. The number of H-pyrrole nitrogens is 1. The molecular formula is C34H42N6O3Si. The Morgan fingerprint density at radius 2 is 1.75 bits per heavy atom. The Labute approximate surface area is 260 Å². The summed E-state index contributed by atoms with van der Waals surface area (Å²) in [5.74, 6) is 0.447. The monoisotopic (exact) mass is 610 g/mol. The van der Waals surface area contributed by atoms with Crippen LogP contribution in [0.15, 0.2) is 60.9 Å². The molecule has 0 saturated carbocycles. The number of fused-ring (bicyclic) bond motifs is 3. The molecule has 10 heteroatoms. The Balaban J connectivity index is 1.25. The van der Waals surface area contributed by atoms with E-state index in [-0.39, 0.29) is 23.9 Å². The van der Waals surface area contributed by atoms with Gasteiger partial charge in [0.2, 0.25) is 0 Å². The van der Waals surface area contributed by atoms with Crippen molar-refractivity contribution in [3.63, 3.8) is 0 Å². The Morgan fingerprint density at radius 3 is 2.50 bits per heavy atom. The number of carbonyl (C=O) groups is 2. The van der Waals surface area contributed by atoms with Gasteiger partial charge in [-0.05, 0) is 80.6 Å². The number of aromatic amines is 1. The summed E-state index contributed by atoms with van der Waals surface area (Å²) in [6, 6.07) is 16.3. The van der Waals surface area contributed by atoms with E-state index in [2.05, 4.69) is 40.6 Å². The van der Waals surface area contributed by atoms with Crippen molar-refractivity contribution >= 4 is 31.1 Å². The number of amides is 2. The normalized spacial score (nSPS) is 17.4.